The number of hydrogen-bond acceptors (Lipinski definition) is 3. The maximum atomic E-state index is 3.70. The van der Waals surface area contributed by atoms with E-state index in [1.165, 1.54) is 52.0 Å². The molecule has 1 saturated heterocycles. The van der Waals surface area contributed by atoms with Gasteiger partial charge in [0.15, 0.2) is 0 Å². The van der Waals surface area contributed by atoms with Crippen LogP contribution in [0.25, 0.3) is 0 Å². The zero-order chi connectivity index (χ0) is 13.4. The average molecular weight is 255 g/mol. The van der Waals surface area contributed by atoms with Crippen molar-refractivity contribution in [3.8, 4) is 0 Å². The minimum Gasteiger partial charge on any atom is -0.312 e. The molecule has 1 aliphatic heterocycles. The van der Waals surface area contributed by atoms with Crippen molar-refractivity contribution in [1.82, 2.24) is 15.1 Å². The molecular formula is C15H33N3. The monoisotopic (exact) mass is 255 g/mol. The van der Waals surface area contributed by atoms with Crippen molar-refractivity contribution in [2.45, 2.75) is 59.0 Å². The number of rotatable bonds is 8. The molecule has 108 valence electrons. The molecule has 2 unspecified atom stereocenters. The topological polar surface area (TPSA) is 18.5 Å². The number of nitrogens with one attached hydrogen (secondary N) is 1. The molecule has 3 heteroatoms. The molecule has 1 rings (SSSR count). The third-order valence-corrected chi connectivity index (χ3v) is 4.20. The molecule has 1 aliphatic rings. The van der Waals surface area contributed by atoms with Crippen molar-refractivity contribution in [2.24, 2.45) is 0 Å². The van der Waals surface area contributed by atoms with Gasteiger partial charge in [0.1, 0.15) is 0 Å². The Bertz CT molecular complexity index is 200. The van der Waals surface area contributed by atoms with Gasteiger partial charge in [0.2, 0.25) is 0 Å². The van der Waals surface area contributed by atoms with E-state index in [2.05, 4.69) is 42.8 Å². The summed E-state index contributed by atoms with van der Waals surface area (Å²) in [5, 5.41) is 3.70. The average Bonchev–Trinajstić information content (AvgIpc) is 2.40. The second kappa shape index (κ2) is 8.89. The van der Waals surface area contributed by atoms with Crippen LogP contribution in [0.2, 0.25) is 0 Å². The minimum absolute atomic E-state index is 0.655. The summed E-state index contributed by atoms with van der Waals surface area (Å²) in [5.41, 5.74) is 0. The molecule has 0 aromatic carbocycles. The Balaban J connectivity index is 2.35. The molecule has 2 atom stereocenters. The van der Waals surface area contributed by atoms with Crippen LogP contribution in [0, 0.1) is 0 Å². The summed E-state index contributed by atoms with van der Waals surface area (Å²) < 4.78 is 0. The van der Waals surface area contributed by atoms with Gasteiger partial charge in [0.25, 0.3) is 0 Å². The lowest BCUT2D eigenvalue weighted by Gasteiger charge is -2.41. The fourth-order valence-electron chi connectivity index (χ4n) is 2.95. The first-order chi connectivity index (χ1) is 8.72. The minimum atomic E-state index is 0.655. The lowest BCUT2D eigenvalue weighted by molar-refractivity contribution is 0.0849. The fraction of sp³-hybridized carbons (Fsp3) is 1.00. The zero-order valence-corrected chi connectivity index (χ0v) is 12.9. The van der Waals surface area contributed by atoms with Gasteiger partial charge in [0.05, 0.1) is 0 Å². The Kier molecular flexibility index (Phi) is 7.87. The third kappa shape index (κ3) is 4.87. The van der Waals surface area contributed by atoms with E-state index in [9.17, 15) is 0 Å². The number of nitrogens with zero attached hydrogens (tertiary/aromatic N) is 2. The van der Waals surface area contributed by atoms with Gasteiger partial charge in [0, 0.05) is 38.3 Å². The molecular weight excluding hydrogens is 222 g/mol. The van der Waals surface area contributed by atoms with E-state index in [0.717, 1.165) is 6.54 Å². The van der Waals surface area contributed by atoms with Gasteiger partial charge < -0.3 is 10.2 Å². The van der Waals surface area contributed by atoms with Crippen LogP contribution in [0.1, 0.15) is 47.0 Å². The van der Waals surface area contributed by atoms with Gasteiger partial charge in [-0.1, -0.05) is 20.8 Å². The van der Waals surface area contributed by atoms with E-state index in [1.54, 1.807) is 0 Å². The van der Waals surface area contributed by atoms with Crippen molar-refractivity contribution in [2.75, 3.05) is 39.3 Å². The second-order valence-corrected chi connectivity index (χ2v) is 5.59. The highest BCUT2D eigenvalue weighted by atomic mass is 15.3. The standard InChI is InChI=1S/C15H33N3/c1-5-8-16-15(7-3)14(4)18-12-10-17(9-6-2)11-13-18/h14-16H,5-13H2,1-4H3. The van der Waals surface area contributed by atoms with Gasteiger partial charge >= 0.3 is 0 Å². The molecule has 0 radical (unpaired) electrons. The van der Waals surface area contributed by atoms with Gasteiger partial charge in [-0.05, 0) is 39.3 Å². The first kappa shape index (κ1) is 15.9. The Morgan fingerprint density at radius 2 is 1.67 bits per heavy atom. The summed E-state index contributed by atoms with van der Waals surface area (Å²) in [5.74, 6) is 0. The van der Waals surface area contributed by atoms with Gasteiger partial charge in [-0.25, -0.2) is 0 Å². The lowest BCUT2D eigenvalue weighted by atomic mass is 10.0. The van der Waals surface area contributed by atoms with Crippen molar-refractivity contribution < 1.29 is 0 Å². The van der Waals surface area contributed by atoms with Gasteiger partial charge in [-0.3, -0.25) is 4.90 Å². The predicted octanol–water partition coefficient (Wildman–Crippen LogP) is 2.18. The Labute approximate surface area is 114 Å². The fourth-order valence-corrected chi connectivity index (χ4v) is 2.95. The molecule has 0 aliphatic carbocycles. The van der Waals surface area contributed by atoms with E-state index >= 15 is 0 Å². The van der Waals surface area contributed by atoms with Gasteiger partial charge in [-0.15, -0.1) is 0 Å². The molecule has 0 aromatic rings. The second-order valence-electron chi connectivity index (χ2n) is 5.59. The van der Waals surface area contributed by atoms with Crippen LogP contribution >= 0.6 is 0 Å². The summed E-state index contributed by atoms with van der Waals surface area (Å²) in [7, 11) is 0. The largest absolute Gasteiger partial charge is 0.312 e. The van der Waals surface area contributed by atoms with E-state index in [4.69, 9.17) is 0 Å². The Morgan fingerprint density at radius 3 is 2.17 bits per heavy atom. The first-order valence-corrected chi connectivity index (χ1v) is 7.92. The van der Waals surface area contributed by atoms with E-state index in [-0.39, 0.29) is 0 Å². The molecule has 1 fully saturated rings. The molecule has 18 heavy (non-hydrogen) atoms. The van der Waals surface area contributed by atoms with Crippen molar-refractivity contribution in [1.29, 1.82) is 0 Å². The summed E-state index contributed by atoms with van der Waals surface area (Å²) in [6.45, 7) is 16.6. The van der Waals surface area contributed by atoms with Crippen LogP contribution in [0.5, 0.6) is 0 Å². The van der Waals surface area contributed by atoms with Crippen LogP contribution in [0.3, 0.4) is 0 Å². The van der Waals surface area contributed by atoms with Crippen LogP contribution < -0.4 is 5.32 Å². The number of hydrogen-bond donors (Lipinski definition) is 1. The summed E-state index contributed by atoms with van der Waals surface area (Å²) in [6.07, 6.45) is 3.75. The molecule has 1 heterocycles. The molecule has 0 spiro atoms. The van der Waals surface area contributed by atoms with E-state index in [0.29, 0.717) is 12.1 Å². The third-order valence-electron chi connectivity index (χ3n) is 4.20. The maximum absolute atomic E-state index is 3.70. The molecule has 0 aromatic heterocycles. The van der Waals surface area contributed by atoms with Crippen LogP contribution in [0.4, 0.5) is 0 Å². The zero-order valence-electron chi connectivity index (χ0n) is 12.9. The lowest BCUT2D eigenvalue weighted by Crippen LogP contribution is -2.55. The Hall–Kier alpha value is -0.120. The molecule has 0 amide bonds. The van der Waals surface area contributed by atoms with Crippen LogP contribution in [0.15, 0.2) is 0 Å². The van der Waals surface area contributed by atoms with Crippen molar-refractivity contribution in [3.05, 3.63) is 0 Å². The van der Waals surface area contributed by atoms with Crippen molar-refractivity contribution in [3.63, 3.8) is 0 Å². The smallest absolute Gasteiger partial charge is 0.0222 e. The highest BCUT2D eigenvalue weighted by Crippen LogP contribution is 2.11. The maximum Gasteiger partial charge on any atom is 0.0222 e. The highest BCUT2D eigenvalue weighted by molar-refractivity contribution is 4.83. The predicted molar refractivity (Wildman–Crippen MR) is 80.1 cm³/mol. The summed E-state index contributed by atoms with van der Waals surface area (Å²) >= 11 is 0. The van der Waals surface area contributed by atoms with E-state index < -0.39 is 0 Å². The normalized spacial score (nSPS) is 22.0. The highest BCUT2D eigenvalue weighted by Gasteiger charge is 2.25. The van der Waals surface area contributed by atoms with Gasteiger partial charge in [-0.2, -0.15) is 0 Å². The molecule has 3 nitrogen and oxygen atoms in total. The van der Waals surface area contributed by atoms with Crippen molar-refractivity contribution >= 4 is 0 Å². The SMILES string of the molecule is CCCNC(CC)C(C)N1CCN(CCC)CC1. The molecule has 0 saturated carbocycles. The van der Waals surface area contributed by atoms with Crippen LogP contribution in [-0.2, 0) is 0 Å². The molecule has 1 N–H and O–H groups in total. The number of piperazine rings is 1. The quantitative estimate of drug-likeness (QED) is 0.717. The molecule has 0 bridgehead atoms. The summed E-state index contributed by atoms with van der Waals surface area (Å²) in [4.78, 5) is 5.27. The summed E-state index contributed by atoms with van der Waals surface area (Å²) in [6, 6.07) is 1.33. The van der Waals surface area contributed by atoms with Crippen LogP contribution in [-0.4, -0.2) is 61.2 Å². The van der Waals surface area contributed by atoms with E-state index in [1.807, 2.05) is 0 Å². The first-order valence-electron chi connectivity index (χ1n) is 7.92. The Morgan fingerprint density at radius 1 is 1.00 bits per heavy atom.